The van der Waals surface area contributed by atoms with Crippen LogP contribution < -0.4 is 21.7 Å². The van der Waals surface area contributed by atoms with E-state index in [4.69, 9.17) is 16.6 Å². The van der Waals surface area contributed by atoms with Crippen molar-refractivity contribution in [1.82, 2.24) is 9.97 Å². The first-order valence-corrected chi connectivity index (χ1v) is 8.78. The number of nitrogens with one attached hydrogen (secondary N) is 2. The fourth-order valence-electron chi connectivity index (χ4n) is 1.64. The maximum absolute atomic E-state index is 12.3. The van der Waals surface area contributed by atoms with E-state index in [1.54, 1.807) is 0 Å². The van der Waals surface area contributed by atoms with Gasteiger partial charge in [0, 0.05) is 5.69 Å². The van der Waals surface area contributed by atoms with Crippen molar-refractivity contribution in [3.8, 4) is 0 Å². The van der Waals surface area contributed by atoms with Crippen LogP contribution >= 0.6 is 11.8 Å². The molecule has 1 aromatic heterocycles. The number of nitrogens with zero attached hydrogens (tertiary/aromatic N) is 1. The molecule has 128 valence electrons. The highest BCUT2D eigenvalue weighted by molar-refractivity contribution is 7.99. The Labute approximate surface area is 140 Å². The molecule has 0 aliphatic rings. The van der Waals surface area contributed by atoms with Gasteiger partial charge in [-0.3, -0.25) is 19.3 Å². The summed E-state index contributed by atoms with van der Waals surface area (Å²) < 4.78 is 26.6. The molecular formula is C12H13N5O5S2. The highest BCUT2D eigenvalue weighted by atomic mass is 32.2. The van der Waals surface area contributed by atoms with Crippen LogP contribution in [0.4, 0.5) is 17.2 Å². The first kappa shape index (κ1) is 17.6. The van der Waals surface area contributed by atoms with Gasteiger partial charge in [0.15, 0.2) is 16.7 Å². The molecule has 10 nitrogen and oxygen atoms in total. The second-order valence-corrected chi connectivity index (χ2v) is 7.14. The number of thioether (sulfide) groups is 1. The lowest BCUT2D eigenvalue weighted by Gasteiger charge is -2.10. The molecule has 0 bridgehead atoms. The van der Waals surface area contributed by atoms with Crippen LogP contribution in [0.5, 0.6) is 0 Å². The third-order valence-electron chi connectivity index (χ3n) is 2.66. The molecule has 2 aromatic rings. The lowest BCUT2D eigenvalue weighted by molar-refractivity contribution is -0.133. The van der Waals surface area contributed by atoms with Gasteiger partial charge in [0.1, 0.15) is 0 Å². The number of aliphatic carboxylic acids is 1. The van der Waals surface area contributed by atoms with E-state index in [0.29, 0.717) is 0 Å². The minimum atomic E-state index is -4.09. The van der Waals surface area contributed by atoms with Crippen LogP contribution in [0.1, 0.15) is 0 Å². The van der Waals surface area contributed by atoms with Crippen molar-refractivity contribution in [3.63, 3.8) is 0 Å². The van der Waals surface area contributed by atoms with E-state index < -0.39 is 27.2 Å². The van der Waals surface area contributed by atoms with Gasteiger partial charge < -0.3 is 16.6 Å². The van der Waals surface area contributed by atoms with E-state index in [1.807, 2.05) is 0 Å². The third-order valence-corrected chi connectivity index (χ3v) is 4.87. The summed E-state index contributed by atoms with van der Waals surface area (Å²) in [5.74, 6) is -1.82. The number of carboxylic acids is 1. The van der Waals surface area contributed by atoms with Crippen molar-refractivity contribution in [2.45, 2.75) is 10.1 Å². The highest BCUT2D eigenvalue weighted by Crippen LogP contribution is 2.20. The van der Waals surface area contributed by atoms with Gasteiger partial charge in [0.05, 0.1) is 10.6 Å². The number of hydrogen-bond acceptors (Lipinski definition) is 8. The van der Waals surface area contributed by atoms with Crippen LogP contribution in [0, 0.1) is 0 Å². The number of aromatic nitrogens is 2. The molecule has 1 aromatic carbocycles. The summed E-state index contributed by atoms with van der Waals surface area (Å²) in [6, 6.07) is 5.47. The molecule has 0 fully saturated rings. The number of sulfonamides is 1. The summed E-state index contributed by atoms with van der Waals surface area (Å²) in [6.07, 6.45) is 0. The van der Waals surface area contributed by atoms with E-state index in [-0.39, 0.29) is 27.3 Å². The molecule has 7 N–H and O–H groups in total. The Morgan fingerprint density at radius 2 is 2.08 bits per heavy atom. The van der Waals surface area contributed by atoms with Crippen LogP contribution in [0.25, 0.3) is 0 Å². The van der Waals surface area contributed by atoms with Crippen LogP contribution in [0.2, 0.25) is 0 Å². The Bertz CT molecular complexity index is 941. The van der Waals surface area contributed by atoms with Gasteiger partial charge in [-0.25, -0.2) is 13.4 Å². The normalized spacial score (nSPS) is 11.2. The lowest BCUT2D eigenvalue weighted by atomic mass is 10.3. The number of carboxylic acid groups (broad SMARTS) is 1. The Hall–Kier alpha value is -2.73. The quantitative estimate of drug-likeness (QED) is 0.263. The third kappa shape index (κ3) is 4.17. The summed E-state index contributed by atoms with van der Waals surface area (Å²) in [7, 11) is -4.09. The van der Waals surface area contributed by atoms with Gasteiger partial charge in [0.25, 0.3) is 15.6 Å². The van der Waals surface area contributed by atoms with Crippen molar-refractivity contribution < 1.29 is 18.3 Å². The average Bonchev–Trinajstić information content (AvgIpc) is 2.49. The molecule has 0 saturated heterocycles. The average molecular weight is 371 g/mol. The Morgan fingerprint density at radius 3 is 2.67 bits per heavy atom. The van der Waals surface area contributed by atoms with Gasteiger partial charge in [-0.2, -0.15) is 0 Å². The van der Waals surface area contributed by atoms with Gasteiger partial charge in [0.2, 0.25) is 0 Å². The number of anilines is 3. The molecular weight excluding hydrogens is 358 g/mol. The van der Waals surface area contributed by atoms with Crippen molar-refractivity contribution >= 4 is 44.9 Å². The molecule has 0 aliphatic heterocycles. The molecule has 2 rings (SSSR count). The Morgan fingerprint density at radius 1 is 1.38 bits per heavy atom. The number of carbonyl (C=O) groups is 1. The monoisotopic (exact) mass is 371 g/mol. The van der Waals surface area contributed by atoms with Crippen LogP contribution in [-0.2, 0) is 14.8 Å². The number of benzene rings is 1. The summed E-state index contributed by atoms with van der Waals surface area (Å²) >= 11 is 0.742. The molecule has 0 radical (unpaired) electrons. The Kier molecular flexibility index (Phi) is 4.99. The van der Waals surface area contributed by atoms with Crippen LogP contribution in [0.3, 0.4) is 0 Å². The topological polar surface area (TPSA) is 181 Å². The summed E-state index contributed by atoms with van der Waals surface area (Å²) in [5, 5.41) is 8.56. The van der Waals surface area contributed by atoms with E-state index in [2.05, 4.69) is 14.7 Å². The molecule has 12 heteroatoms. The number of rotatable bonds is 6. The molecule has 1 heterocycles. The SMILES string of the molecule is Nc1cccc(S(=O)(=O)Nc2c(N)nc(SCC(=O)O)[nH]c2=O)c1. The van der Waals surface area contributed by atoms with E-state index >= 15 is 0 Å². The highest BCUT2D eigenvalue weighted by Gasteiger charge is 2.19. The van der Waals surface area contributed by atoms with Crippen LogP contribution in [-0.4, -0.2) is 35.2 Å². The summed E-state index contributed by atoms with van der Waals surface area (Å²) in [5.41, 5.74) is 10.1. The molecule has 0 saturated carbocycles. The number of hydrogen-bond donors (Lipinski definition) is 5. The predicted molar refractivity (Wildman–Crippen MR) is 89.3 cm³/mol. The van der Waals surface area contributed by atoms with Crippen molar-refractivity contribution in [1.29, 1.82) is 0 Å². The van der Waals surface area contributed by atoms with Gasteiger partial charge in [-0.1, -0.05) is 17.8 Å². The van der Waals surface area contributed by atoms with E-state index in [9.17, 15) is 18.0 Å². The molecule has 0 spiro atoms. The van der Waals surface area contributed by atoms with Crippen molar-refractivity contribution in [3.05, 3.63) is 34.6 Å². The molecule has 0 aliphatic carbocycles. The molecule has 0 unspecified atom stereocenters. The molecule has 24 heavy (non-hydrogen) atoms. The largest absolute Gasteiger partial charge is 0.481 e. The summed E-state index contributed by atoms with van der Waals surface area (Å²) in [4.78, 5) is 28.4. The second-order valence-electron chi connectivity index (χ2n) is 4.49. The maximum atomic E-state index is 12.3. The zero-order valence-corrected chi connectivity index (χ0v) is 13.6. The first-order valence-electron chi connectivity index (χ1n) is 6.32. The fraction of sp³-hybridized carbons (Fsp3) is 0.0833. The van der Waals surface area contributed by atoms with E-state index in [1.165, 1.54) is 24.3 Å². The molecule has 0 amide bonds. The number of aromatic amines is 1. The summed E-state index contributed by atoms with van der Waals surface area (Å²) in [6.45, 7) is 0. The minimum absolute atomic E-state index is 0.0354. The molecule has 0 atom stereocenters. The lowest BCUT2D eigenvalue weighted by Crippen LogP contribution is -2.23. The zero-order chi connectivity index (χ0) is 17.9. The maximum Gasteiger partial charge on any atom is 0.313 e. The fourth-order valence-corrected chi connectivity index (χ4v) is 3.36. The van der Waals surface area contributed by atoms with Gasteiger partial charge in [-0.15, -0.1) is 0 Å². The minimum Gasteiger partial charge on any atom is -0.481 e. The number of nitrogens with two attached hydrogens (primary N) is 2. The zero-order valence-electron chi connectivity index (χ0n) is 12.0. The van der Waals surface area contributed by atoms with Gasteiger partial charge in [-0.05, 0) is 18.2 Å². The second kappa shape index (κ2) is 6.80. The standard InChI is InChI=1S/C12H13N5O5S2/c13-6-2-1-3-7(4-6)24(21,22)17-9-10(14)15-12(16-11(9)20)23-5-8(18)19/h1-4,17H,5,13H2,(H,18,19)(H3,14,15,16,20). The van der Waals surface area contributed by atoms with Crippen LogP contribution in [0.15, 0.2) is 39.1 Å². The predicted octanol–water partition coefficient (Wildman–Crippen LogP) is -0.0882. The number of nitrogen functional groups attached to an aromatic ring is 2. The van der Waals surface area contributed by atoms with Crippen molar-refractivity contribution in [2.75, 3.05) is 21.9 Å². The first-order chi connectivity index (χ1) is 11.2. The van der Waals surface area contributed by atoms with Crippen molar-refractivity contribution in [2.24, 2.45) is 0 Å². The number of H-pyrrole nitrogens is 1. The smallest absolute Gasteiger partial charge is 0.313 e. The Balaban J connectivity index is 2.33. The van der Waals surface area contributed by atoms with Gasteiger partial charge >= 0.3 is 5.97 Å². The van der Waals surface area contributed by atoms with E-state index in [0.717, 1.165) is 11.8 Å².